The highest BCUT2D eigenvalue weighted by Crippen LogP contribution is 2.29. The van der Waals surface area contributed by atoms with Crippen LogP contribution in [0.2, 0.25) is 0 Å². The summed E-state index contributed by atoms with van der Waals surface area (Å²) in [4.78, 5) is 0. The van der Waals surface area contributed by atoms with E-state index in [1.54, 1.807) is 0 Å². The van der Waals surface area contributed by atoms with Gasteiger partial charge in [0.2, 0.25) is 10.0 Å². The number of ether oxygens (including phenoxy) is 1. The Labute approximate surface area is 153 Å². The van der Waals surface area contributed by atoms with Gasteiger partial charge in [0, 0.05) is 6.54 Å². The van der Waals surface area contributed by atoms with Crippen LogP contribution >= 0.6 is 0 Å². The first-order valence-corrected chi connectivity index (χ1v) is 9.38. The monoisotopic (exact) mass is 409 g/mol. The molecular formula is C17H16F5NO3S. The normalized spacial score (nSPS) is 12.4. The molecule has 148 valence electrons. The second-order valence-corrected chi connectivity index (χ2v) is 7.43. The van der Waals surface area contributed by atoms with E-state index in [1.807, 2.05) is 0 Å². The van der Waals surface area contributed by atoms with E-state index >= 15 is 0 Å². The Morgan fingerprint density at radius 2 is 1.67 bits per heavy atom. The maximum atomic E-state index is 12.7. The van der Waals surface area contributed by atoms with E-state index < -0.39 is 34.1 Å². The minimum atomic E-state index is -4.55. The number of rotatable bonds is 8. The molecule has 0 aliphatic carbocycles. The molecule has 0 aliphatic rings. The average Bonchev–Trinajstić information content (AvgIpc) is 2.55. The van der Waals surface area contributed by atoms with Gasteiger partial charge in [-0.1, -0.05) is 30.3 Å². The van der Waals surface area contributed by atoms with Gasteiger partial charge in [-0.2, -0.15) is 22.0 Å². The van der Waals surface area contributed by atoms with Gasteiger partial charge in [-0.25, -0.2) is 13.1 Å². The predicted molar refractivity (Wildman–Crippen MR) is 88.8 cm³/mol. The van der Waals surface area contributed by atoms with Crippen molar-refractivity contribution in [3.8, 4) is 5.75 Å². The lowest BCUT2D eigenvalue weighted by Gasteiger charge is -2.10. The molecule has 0 heterocycles. The molecule has 0 saturated carbocycles. The molecule has 27 heavy (non-hydrogen) atoms. The third kappa shape index (κ3) is 7.14. The van der Waals surface area contributed by atoms with E-state index in [1.165, 1.54) is 30.3 Å². The van der Waals surface area contributed by atoms with Crippen LogP contribution in [0.15, 0.2) is 48.5 Å². The van der Waals surface area contributed by atoms with Gasteiger partial charge >= 0.3 is 12.8 Å². The first kappa shape index (κ1) is 21.1. The summed E-state index contributed by atoms with van der Waals surface area (Å²) >= 11 is 0. The van der Waals surface area contributed by atoms with Gasteiger partial charge < -0.3 is 4.74 Å². The van der Waals surface area contributed by atoms with Crippen molar-refractivity contribution in [3.05, 3.63) is 65.2 Å². The second-order valence-electron chi connectivity index (χ2n) is 5.62. The smallest absolute Gasteiger partial charge is 0.416 e. The van der Waals surface area contributed by atoms with Crippen molar-refractivity contribution in [2.24, 2.45) is 0 Å². The lowest BCUT2D eigenvalue weighted by molar-refractivity contribution is -0.137. The number of nitrogens with one attached hydrogen (secondary N) is 1. The Morgan fingerprint density at radius 3 is 2.26 bits per heavy atom. The van der Waals surface area contributed by atoms with Crippen molar-refractivity contribution in [2.75, 3.05) is 6.54 Å². The van der Waals surface area contributed by atoms with E-state index in [-0.39, 0.29) is 24.3 Å². The summed E-state index contributed by atoms with van der Waals surface area (Å²) in [6.07, 6.45) is -4.27. The zero-order valence-corrected chi connectivity index (χ0v) is 14.7. The Balaban J connectivity index is 1.90. The van der Waals surface area contributed by atoms with Gasteiger partial charge in [-0.3, -0.25) is 0 Å². The number of hydrogen-bond donors (Lipinski definition) is 1. The molecule has 0 radical (unpaired) electrons. The molecule has 2 aromatic carbocycles. The molecule has 0 unspecified atom stereocenters. The minimum Gasteiger partial charge on any atom is -0.435 e. The molecule has 0 spiro atoms. The molecule has 0 saturated heterocycles. The van der Waals surface area contributed by atoms with Crippen molar-refractivity contribution in [1.29, 1.82) is 0 Å². The topological polar surface area (TPSA) is 55.4 Å². The Bertz CT molecular complexity index is 852. The summed E-state index contributed by atoms with van der Waals surface area (Å²) in [5.74, 6) is -0.600. The highest BCUT2D eigenvalue weighted by atomic mass is 32.2. The van der Waals surface area contributed by atoms with Gasteiger partial charge in [-0.05, 0) is 35.7 Å². The maximum absolute atomic E-state index is 12.7. The van der Waals surface area contributed by atoms with E-state index in [2.05, 4.69) is 9.46 Å². The minimum absolute atomic E-state index is 0.0103. The first-order chi connectivity index (χ1) is 12.5. The number of sulfonamides is 1. The largest absolute Gasteiger partial charge is 0.435 e. The molecule has 2 aromatic rings. The molecule has 4 nitrogen and oxygen atoms in total. The van der Waals surface area contributed by atoms with Crippen LogP contribution in [0, 0.1) is 0 Å². The quantitative estimate of drug-likeness (QED) is 0.672. The third-order valence-electron chi connectivity index (χ3n) is 3.50. The molecule has 0 aliphatic heterocycles. The van der Waals surface area contributed by atoms with Gasteiger partial charge in [0.15, 0.2) is 0 Å². The zero-order valence-electron chi connectivity index (χ0n) is 13.8. The SMILES string of the molecule is O=S(=O)(Cc1cccc(C(F)(F)F)c1)NCCc1ccc(OC(F)F)cc1. The van der Waals surface area contributed by atoms with Crippen LogP contribution in [-0.4, -0.2) is 21.6 Å². The lowest BCUT2D eigenvalue weighted by atomic mass is 10.1. The van der Waals surface area contributed by atoms with Gasteiger partial charge in [-0.15, -0.1) is 0 Å². The van der Waals surface area contributed by atoms with Crippen LogP contribution in [0.4, 0.5) is 22.0 Å². The molecule has 0 fully saturated rings. The Kier molecular flexibility index (Phi) is 6.77. The van der Waals surface area contributed by atoms with Crippen LogP contribution in [0.25, 0.3) is 0 Å². The summed E-state index contributed by atoms with van der Waals surface area (Å²) < 4.78 is 92.7. The molecule has 0 aromatic heterocycles. The second kappa shape index (κ2) is 8.66. The summed E-state index contributed by atoms with van der Waals surface area (Å²) in [7, 11) is -3.83. The summed E-state index contributed by atoms with van der Waals surface area (Å²) in [6.45, 7) is -2.92. The maximum Gasteiger partial charge on any atom is 0.416 e. The van der Waals surface area contributed by atoms with E-state index in [4.69, 9.17) is 0 Å². The number of alkyl halides is 5. The van der Waals surface area contributed by atoms with Crippen molar-refractivity contribution < 1.29 is 35.1 Å². The standard InChI is InChI=1S/C17H16F5NO3S/c18-16(19)26-15-6-4-12(5-7-15)8-9-23-27(24,25)11-13-2-1-3-14(10-13)17(20,21)22/h1-7,10,16,23H,8-9,11H2. The van der Waals surface area contributed by atoms with E-state index in [9.17, 15) is 30.4 Å². The first-order valence-electron chi connectivity index (χ1n) is 7.72. The van der Waals surface area contributed by atoms with Crippen LogP contribution in [0.1, 0.15) is 16.7 Å². The zero-order chi connectivity index (χ0) is 20.1. The summed E-state index contributed by atoms with van der Waals surface area (Å²) in [5.41, 5.74) is -0.217. The predicted octanol–water partition coefficient (Wildman–Crippen LogP) is 3.97. The Hall–Kier alpha value is -2.20. The van der Waals surface area contributed by atoms with E-state index in [0.29, 0.717) is 5.56 Å². The summed E-state index contributed by atoms with van der Waals surface area (Å²) in [6, 6.07) is 9.80. The Morgan fingerprint density at radius 1 is 1.00 bits per heavy atom. The number of benzene rings is 2. The lowest BCUT2D eigenvalue weighted by Crippen LogP contribution is -2.27. The summed E-state index contributed by atoms with van der Waals surface area (Å²) in [5, 5.41) is 0. The van der Waals surface area contributed by atoms with Crippen molar-refractivity contribution in [3.63, 3.8) is 0 Å². The fraction of sp³-hybridized carbons (Fsp3) is 0.294. The highest BCUT2D eigenvalue weighted by Gasteiger charge is 2.30. The van der Waals surface area contributed by atoms with Gasteiger partial charge in [0.05, 0.1) is 11.3 Å². The van der Waals surface area contributed by atoms with Crippen LogP contribution in [0.5, 0.6) is 5.75 Å². The van der Waals surface area contributed by atoms with Crippen LogP contribution < -0.4 is 9.46 Å². The molecule has 2 rings (SSSR count). The number of hydrogen-bond acceptors (Lipinski definition) is 3. The van der Waals surface area contributed by atoms with Crippen molar-refractivity contribution in [2.45, 2.75) is 25.0 Å². The number of halogens is 5. The fourth-order valence-electron chi connectivity index (χ4n) is 2.30. The molecule has 0 bridgehead atoms. The molecule has 1 N–H and O–H groups in total. The molecule has 0 amide bonds. The van der Waals surface area contributed by atoms with E-state index in [0.717, 1.165) is 18.2 Å². The van der Waals surface area contributed by atoms with Gasteiger partial charge in [0.1, 0.15) is 5.75 Å². The highest BCUT2D eigenvalue weighted by molar-refractivity contribution is 7.88. The molecular weight excluding hydrogens is 393 g/mol. The molecule has 0 atom stereocenters. The van der Waals surface area contributed by atoms with Crippen molar-refractivity contribution in [1.82, 2.24) is 4.72 Å². The van der Waals surface area contributed by atoms with Crippen LogP contribution in [-0.2, 0) is 28.4 Å². The van der Waals surface area contributed by atoms with Gasteiger partial charge in [0.25, 0.3) is 0 Å². The average molecular weight is 409 g/mol. The van der Waals surface area contributed by atoms with Crippen LogP contribution in [0.3, 0.4) is 0 Å². The molecule has 10 heteroatoms. The third-order valence-corrected chi connectivity index (χ3v) is 4.85. The fourth-order valence-corrected chi connectivity index (χ4v) is 3.43. The van der Waals surface area contributed by atoms with Crippen molar-refractivity contribution >= 4 is 10.0 Å².